The summed E-state index contributed by atoms with van der Waals surface area (Å²) in [4.78, 5) is 7.89. The first-order valence-corrected chi connectivity index (χ1v) is 3.56. The minimum atomic E-state index is 0.537. The van der Waals surface area contributed by atoms with Crippen LogP contribution in [-0.2, 0) is 0 Å². The summed E-state index contributed by atoms with van der Waals surface area (Å²) in [6, 6.07) is 0. The van der Waals surface area contributed by atoms with Gasteiger partial charge in [0.25, 0.3) is 5.89 Å². The van der Waals surface area contributed by atoms with Gasteiger partial charge in [-0.15, -0.1) is 11.3 Å². The molecule has 0 amide bonds. The first-order chi connectivity index (χ1) is 4.97. The molecule has 49 valence electrons. The fraction of sp³-hybridized carbons (Fsp3) is 0. The molecule has 1 radical (unpaired) electrons. The minimum absolute atomic E-state index is 0.537. The summed E-state index contributed by atoms with van der Waals surface area (Å²) in [7, 11) is 0. The molecule has 0 fully saturated rings. The van der Waals surface area contributed by atoms with Crippen molar-refractivity contribution in [2.75, 3.05) is 0 Å². The highest BCUT2D eigenvalue weighted by atomic mass is 32.1. The zero-order valence-electron chi connectivity index (χ0n) is 4.94. The van der Waals surface area contributed by atoms with Crippen LogP contribution in [0.5, 0.6) is 0 Å². The molecule has 0 aromatic carbocycles. The zero-order valence-corrected chi connectivity index (χ0v) is 5.76. The molecule has 0 spiro atoms. The maximum absolute atomic E-state index is 4.89. The molecule has 2 heterocycles. The Kier molecular flexibility index (Phi) is 1.25. The van der Waals surface area contributed by atoms with Crippen LogP contribution in [0.4, 0.5) is 0 Å². The van der Waals surface area contributed by atoms with Crippen LogP contribution < -0.4 is 0 Å². The van der Waals surface area contributed by atoms with Crippen LogP contribution in [0.25, 0.3) is 10.9 Å². The number of rotatable bonds is 1. The van der Waals surface area contributed by atoms with E-state index in [0.29, 0.717) is 5.89 Å². The average molecular weight is 151 g/mol. The van der Waals surface area contributed by atoms with Gasteiger partial charge in [-0.2, -0.15) is 0 Å². The fourth-order valence-electron chi connectivity index (χ4n) is 0.621. The summed E-state index contributed by atoms with van der Waals surface area (Å²) >= 11 is 1.49. The highest BCUT2D eigenvalue weighted by molar-refractivity contribution is 7.12. The van der Waals surface area contributed by atoms with Gasteiger partial charge in [0, 0.05) is 11.6 Å². The second-order valence-corrected chi connectivity index (χ2v) is 2.52. The van der Waals surface area contributed by atoms with E-state index in [1.165, 1.54) is 17.5 Å². The van der Waals surface area contributed by atoms with E-state index in [2.05, 4.69) is 16.2 Å². The lowest BCUT2D eigenvalue weighted by Gasteiger charge is -1.81. The molecule has 0 bridgehead atoms. The van der Waals surface area contributed by atoms with E-state index in [0.717, 1.165) is 5.01 Å². The Bertz CT molecular complexity index is 255. The molecule has 0 saturated heterocycles. The zero-order chi connectivity index (χ0) is 6.81. The summed E-state index contributed by atoms with van der Waals surface area (Å²) in [5.74, 6) is 0.537. The van der Waals surface area contributed by atoms with Crippen molar-refractivity contribution in [2.45, 2.75) is 0 Å². The largest absolute Gasteiger partial charge is 0.431 e. The van der Waals surface area contributed by atoms with Crippen molar-refractivity contribution in [3.63, 3.8) is 0 Å². The van der Waals surface area contributed by atoms with Crippen molar-refractivity contribution in [1.82, 2.24) is 9.97 Å². The molecule has 0 unspecified atom stereocenters. The maximum Gasteiger partial charge on any atom is 0.256 e. The van der Waals surface area contributed by atoms with Crippen molar-refractivity contribution in [3.05, 3.63) is 24.0 Å². The molecule has 2 aromatic heterocycles. The van der Waals surface area contributed by atoms with E-state index in [1.807, 2.05) is 5.38 Å². The van der Waals surface area contributed by atoms with Gasteiger partial charge in [-0.25, -0.2) is 9.97 Å². The standard InChI is InChI=1S/C6H3N2OS/c1-3-9-5(7-1)6-8-2-4-10-6/h1-2,4H. The third kappa shape index (κ3) is 0.823. The fourth-order valence-corrected chi connectivity index (χ4v) is 1.19. The molecule has 0 N–H and O–H groups in total. The number of nitrogens with zero attached hydrogens (tertiary/aromatic N) is 2. The molecule has 4 heteroatoms. The van der Waals surface area contributed by atoms with Gasteiger partial charge in [0.1, 0.15) is 0 Å². The second-order valence-electron chi connectivity index (χ2n) is 1.62. The van der Waals surface area contributed by atoms with Crippen LogP contribution in [0, 0.1) is 6.26 Å². The van der Waals surface area contributed by atoms with Crippen LogP contribution in [-0.4, -0.2) is 9.97 Å². The van der Waals surface area contributed by atoms with E-state index in [1.54, 1.807) is 6.20 Å². The Morgan fingerprint density at radius 1 is 1.50 bits per heavy atom. The predicted octanol–water partition coefficient (Wildman–Crippen LogP) is 1.60. The van der Waals surface area contributed by atoms with Crippen LogP contribution in [0.3, 0.4) is 0 Å². The van der Waals surface area contributed by atoms with Gasteiger partial charge >= 0.3 is 0 Å². The predicted molar refractivity (Wildman–Crippen MR) is 36.4 cm³/mol. The van der Waals surface area contributed by atoms with Gasteiger partial charge in [0.05, 0.1) is 6.20 Å². The lowest BCUT2D eigenvalue weighted by Crippen LogP contribution is -1.70. The second kappa shape index (κ2) is 2.22. The third-order valence-corrected chi connectivity index (χ3v) is 1.77. The van der Waals surface area contributed by atoms with E-state index < -0.39 is 0 Å². The van der Waals surface area contributed by atoms with Gasteiger partial charge in [0.15, 0.2) is 11.3 Å². The number of hydrogen-bond acceptors (Lipinski definition) is 4. The highest BCUT2D eigenvalue weighted by Gasteiger charge is 2.02. The number of oxazole rings is 1. The van der Waals surface area contributed by atoms with Gasteiger partial charge in [-0.3, -0.25) is 0 Å². The first-order valence-electron chi connectivity index (χ1n) is 2.68. The SMILES string of the molecule is [c]1cnc(-c2nccs2)o1. The normalized spacial score (nSPS) is 10.0. The highest BCUT2D eigenvalue weighted by Crippen LogP contribution is 2.18. The smallest absolute Gasteiger partial charge is 0.256 e. The quantitative estimate of drug-likeness (QED) is 0.621. The molecular formula is C6H3N2OS. The molecule has 3 nitrogen and oxygen atoms in total. The monoisotopic (exact) mass is 151 g/mol. The van der Waals surface area contributed by atoms with Gasteiger partial charge in [-0.1, -0.05) is 0 Å². The Labute approximate surface area is 61.4 Å². The topological polar surface area (TPSA) is 38.9 Å². The van der Waals surface area contributed by atoms with Gasteiger partial charge in [-0.05, 0) is 0 Å². The lowest BCUT2D eigenvalue weighted by atomic mass is 10.7. The average Bonchev–Trinajstić information content (AvgIpc) is 2.59. The number of aromatic nitrogens is 2. The minimum Gasteiger partial charge on any atom is -0.431 e. The molecule has 2 rings (SSSR count). The number of thiazole rings is 1. The van der Waals surface area contributed by atoms with Crippen LogP contribution in [0.1, 0.15) is 0 Å². The van der Waals surface area contributed by atoms with Crippen molar-refractivity contribution in [2.24, 2.45) is 0 Å². The Morgan fingerprint density at radius 2 is 2.50 bits per heavy atom. The summed E-state index contributed by atoms with van der Waals surface area (Å²) < 4.78 is 4.89. The van der Waals surface area contributed by atoms with Crippen LogP contribution >= 0.6 is 11.3 Å². The third-order valence-electron chi connectivity index (χ3n) is 1.01. The van der Waals surface area contributed by atoms with E-state index in [-0.39, 0.29) is 0 Å². The maximum atomic E-state index is 4.89. The summed E-state index contributed by atoms with van der Waals surface area (Å²) in [5.41, 5.74) is 0. The Hall–Kier alpha value is -1.16. The van der Waals surface area contributed by atoms with Crippen molar-refractivity contribution >= 4 is 11.3 Å². The van der Waals surface area contributed by atoms with E-state index in [4.69, 9.17) is 4.42 Å². The Morgan fingerprint density at radius 3 is 3.10 bits per heavy atom. The van der Waals surface area contributed by atoms with Crippen molar-refractivity contribution < 1.29 is 4.42 Å². The van der Waals surface area contributed by atoms with E-state index >= 15 is 0 Å². The molecule has 0 aliphatic heterocycles. The van der Waals surface area contributed by atoms with Gasteiger partial charge in [0.2, 0.25) is 0 Å². The molecule has 0 atom stereocenters. The molecule has 0 saturated carbocycles. The van der Waals surface area contributed by atoms with E-state index in [9.17, 15) is 0 Å². The van der Waals surface area contributed by atoms with Crippen LogP contribution in [0.15, 0.2) is 22.2 Å². The molecule has 10 heavy (non-hydrogen) atoms. The lowest BCUT2D eigenvalue weighted by molar-refractivity contribution is 0.565. The van der Waals surface area contributed by atoms with Crippen molar-refractivity contribution in [3.8, 4) is 10.9 Å². The molecule has 0 aliphatic carbocycles. The van der Waals surface area contributed by atoms with Crippen molar-refractivity contribution in [1.29, 1.82) is 0 Å². The Balaban J connectivity index is 2.48. The van der Waals surface area contributed by atoms with Gasteiger partial charge < -0.3 is 4.42 Å². The number of hydrogen-bond donors (Lipinski definition) is 0. The molecule has 0 aliphatic rings. The van der Waals surface area contributed by atoms with Crippen LogP contribution in [0.2, 0.25) is 0 Å². The summed E-state index contributed by atoms with van der Waals surface area (Å²) in [5, 5.41) is 2.67. The summed E-state index contributed by atoms with van der Waals surface area (Å²) in [6.45, 7) is 0. The molecule has 2 aromatic rings. The molecular weight excluding hydrogens is 148 g/mol. The first kappa shape index (κ1) is 5.61. The summed E-state index contributed by atoms with van der Waals surface area (Å²) in [6.07, 6.45) is 5.69.